The average Bonchev–Trinajstić information content (AvgIpc) is 2.40. The van der Waals surface area contributed by atoms with Gasteiger partial charge in [0.05, 0.1) is 10.8 Å². The fourth-order valence-corrected chi connectivity index (χ4v) is 2.20. The molecule has 0 aliphatic rings. The minimum Gasteiger partial charge on any atom is -0.309 e. The zero-order chi connectivity index (χ0) is 14.0. The molecule has 5 nitrogen and oxygen atoms in total. The molecular weight excluding hydrogens is 242 g/mol. The summed E-state index contributed by atoms with van der Waals surface area (Å²) in [7, 11) is 5.62. The van der Waals surface area contributed by atoms with Gasteiger partial charge in [-0.25, -0.2) is 4.68 Å². The van der Waals surface area contributed by atoms with Gasteiger partial charge in [-0.3, -0.25) is 14.3 Å². The molecule has 19 heavy (non-hydrogen) atoms. The van der Waals surface area contributed by atoms with Crippen LogP contribution in [-0.4, -0.2) is 34.9 Å². The first-order chi connectivity index (χ1) is 9.02. The molecular formula is C14H19N3O2. The Hall–Kier alpha value is -1.88. The van der Waals surface area contributed by atoms with E-state index in [4.69, 9.17) is 0 Å². The number of hydrogen-bond acceptors (Lipinski definition) is 3. The van der Waals surface area contributed by atoms with Crippen LogP contribution in [0.3, 0.4) is 0 Å². The first-order valence-electron chi connectivity index (χ1n) is 6.36. The van der Waals surface area contributed by atoms with Gasteiger partial charge in [0, 0.05) is 13.6 Å². The lowest BCUT2D eigenvalue weighted by Gasteiger charge is -2.14. The maximum Gasteiger partial charge on any atom is 0.273 e. The van der Waals surface area contributed by atoms with Crippen LogP contribution < -0.4 is 11.1 Å². The number of fused-ring (bicyclic) bond motifs is 1. The van der Waals surface area contributed by atoms with Gasteiger partial charge in [0.2, 0.25) is 0 Å². The number of rotatable bonds is 4. The van der Waals surface area contributed by atoms with Crippen molar-refractivity contribution in [2.45, 2.75) is 13.0 Å². The summed E-state index contributed by atoms with van der Waals surface area (Å²) in [6.07, 6.45) is 0.832. The predicted molar refractivity (Wildman–Crippen MR) is 76.6 cm³/mol. The van der Waals surface area contributed by atoms with E-state index < -0.39 is 0 Å². The van der Waals surface area contributed by atoms with Crippen molar-refractivity contribution in [1.29, 1.82) is 0 Å². The molecule has 2 aromatic rings. The zero-order valence-electron chi connectivity index (χ0n) is 11.6. The molecule has 0 spiro atoms. The van der Waals surface area contributed by atoms with Gasteiger partial charge >= 0.3 is 0 Å². The second kappa shape index (κ2) is 5.40. The van der Waals surface area contributed by atoms with Crippen LogP contribution in [-0.2, 0) is 13.6 Å². The summed E-state index contributed by atoms with van der Waals surface area (Å²) in [6.45, 7) is 1.43. The third-order valence-electron chi connectivity index (χ3n) is 3.25. The molecule has 0 unspecified atom stereocenters. The third kappa shape index (κ3) is 2.61. The van der Waals surface area contributed by atoms with Gasteiger partial charge in [0.1, 0.15) is 0 Å². The van der Waals surface area contributed by atoms with E-state index in [0.717, 1.165) is 13.0 Å². The van der Waals surface area contributed by atoms with Crippen molar-refractivity contribution in [1.82, 2.24) is 14.3 Å². The lowest BCUT2D eigenvalue weighted by atomic mass is 10.2. The molecule has 0 radical (unpaired) electrons. The van der Waals surface area contributed by atoms with Crippen LogP contribution in [0.25, 0.3) is 10.8 Å². The lowest BCUT2D eigenvalue weighted by Crippen LogP contribution is -2.37. The molecule has 102 valence electrons. The fraction of sp³-hybridized carbons (Fsp3) is 0.429. The normalized spacial score (nSPS) is 11.4. The second-order valence-corrected chi connectivity index (χ2v) is 4.96. The minimum atomic E-state index is -0.125. The average molecular weight is 261 g/mol. The van der Waals surface area contributed by atoms with E-state index in [9.17, 15) is 9.59 Å². The molecule has 0 aliphatic heterocycles. The number of benzene rings is 1. The van der Waals surface area contributed by atoms with Crippen molar-refractivity contribution in [3.05, 3.63) is 45.0 Å². The smallest absolute Gasteiger partial charge is 0.273 e. The monoisotopic (exact) mass is 261 g/mol. The summed E-state index contributed by atoms with van der Waals surface area (Å²) in [5.74, 6) is 0. The maximum atomic E-state index is 12.4. The van der Waals surface area contributed by atoms with Gasteiger partial charge in [0.25, 0.3) is 11.1 Å². The summed E-state index contributed by atoms with van der Waals surface area (Å²) in [5, 5.41) is 0.981. The van der Waals surface area contributed by atoms with Gasteiger partial charge in [-0.2, -0.15) is 0 Å². The first-order valence-corrected chi connectivity index (χ1v) is 6.36. The van der Waals surface area contributed by atoms with Crippen molar-refractivity contribution in [3.63, 3.8) is 0 Å². The fourth-order valence-electron chi connectivity index (χ4n) is 2.20. The molecule has 0 bridgehead atoms. The number of hydrogen-bond donors (Lipinski definition) is 0. The lowest BCUT2D eigenvalue weighted by molar-refractivity contribution is 0.362. The number of aromatic nitrogens is 2. The van der Waals surface area contributed by atoms with Crippen LogP contribution in [0.5, 0.6) is 0 Å². The molecule has 5 heteroatoms. The van der Waals surface area contributed by atoms with E-state index in [1.807, 2.05) is 14.1 Å². The van der Waals surface area contributed by atoms with Crippen molar-refractivity contribution in [3.8, 4) is 0 Å². The van der Waals surface area contributed by atoms with Crippen LogP contribution in [0.15, 0.2) is 33.9 Å². The highest BCUT2D eigenvalue weighted by molar-refractivity contribution is 5.80. The molecule has 0 aliphatic carbocycles. The quantitative estimate of drug-likeness (QED) is 0.812. The standard InChI is InChI=1S/C14H19N3O2/c1-15(2)9-6-10-17-14(19)12-8-5-4-7-11(12)13(18)16(17)3/h4-5,7-8H,6,9-10H2,1-3H3. The molecule has 0 fully saturated rings. The first kappa shape index (κ1) is 13.5. The SMILES string of the molecule is CN(C)CCCn1c(=O)c2ccccc2c(=O)n1C. The van der Waals surface area contributed by atoms with Gasteiger partial charge < -0.3 is 4.90 Å². The summed E-state index contributed by atoms with van der Waals surface area (Å²) >= 11 is 0. The molecule has 1 aromatic heterocycles. The summed E-state index contributed by atoms with van der Waals surface area (Å²) in [5.41, 5.74) is -0.225. The summed E-state index contributed by atoms with van der Waals surface area (Å²) in [4.78, 5) is 26.6. The van der Waals surface area contributed by atoms with E-state index in [0.29, 0.717) is 17.3 Å². The molecule has 0 N–H and O–H groups in total. The Morgan fingerprint density at radius 2 is 1.63 bits per heavy atom. The van der Waals surface area contributed by atoms with Crippen molar-refractivity contribution in [2.75, 3.05) is 20.6 Å². The third-order valence-corrected chi connectivity index (χ3v) is 3.25. The predicted octanol–water partition coefficient (Wildman–Crippen LogP) is 0.652. The van der Waals surface area contributed by atoms with Crippen molar-refractivity contribution < 1.29 is 0 Å². The summed E-state index contributed by atoms with van der Waals surface area (Å²) < 4.78 is 2.94. The Morgan fingerprint density at radius 1 is 1.05 bits per heavy atom. The molecule has 0 saturated heterocycles. The Kier molecular flexibility index (Phi) is 3.85. The number of nitrogens with zero attached hydrogens (tertiary/aromatic N) is 3. The highest BCUT2D eigenvalue weighted by Crippen LogP contribution is 2.03. The highest BCUT2D eigenvalue weighted by Gasteiger charge is 2.09. The maximum absolute atomic E-state index is 12.4. The van der Waals surface area contributed by atoms with Gasteiger partial charge in [-0.15, -0.1) is 0 Å². The Labute approximate surface area is 111 Å². The van der Waals surface area contributed by atoms with Crippen LogP contribution in [0.2, 0.25) is 0 Å². The highest BCUT2D eigenvalue weighted by atomic mass is 16.2. The van der Waals surface area contributed by atoms with E-state index in [-0.39, 0.29) is 11.1 Å². The van der Waals surface area contributed by atoms with Crippen LogP contribution >= 0.6 is 0 Å². The molecule has 0 saturated carbocycles. The Bertz CT molecular complexity index is 698. The molecule has 0 atom stereocenters. The minimum absolute atomic E-state index is 0.101. The van der Waals surface area contributed by atoms with Gasteiger partial charge in [0.15, 0.2) is 0 Å². The largest absolute Gasteiger partial charge is 0.309 e. The topological polar surface area (TPSA) is 47.2 Å². The molecule has 1 heterocycles. The zero-order valence-corrected chi connectivity index (χ0v) is 11.6. The van der Waals surface area contributed by atoms with Gasteiger partial charge in [-0.05, 0) is 39.2 Å². The second-order valence-electron chi connectivity index (χ2n) is 4.96. The van der Waals surface area contributed by atoms with Crippen LogP contribution in [0, 0.1) is 0 Å². The van der Waals surface area contributed by atoms with E-state index in [1.165, 1.54) is 9.36 Å². The molecule has 0 amide bonds. The Morgan fingerprint density at radius 3 is 2.21 bits per heavy atom. The molecule has 1 aromatic carbocycles. The van der Waals surface area contributed by atoms with E-state index in [1.54, 1.807) is 31.3 Å². The van der Waals surface area contributed by atoms with Crippen molar-refractivity contribution in [2.24, 2.45) is 7.05 Å². The Balaban J connectivity index is 2.50. The van der Waals surface area contributed by atoms with Crippen LogP contribution in [0.1, 0.15) is 6.42 Å². The van der Waals surface area contributed by atoms with E-state index >= 15 is 0 Å². The molecule has 2 rings (SSSR count). The van der Waals surface area contributed by atoms with Crippen LogP contribution in [0.4, 0.5) is 0 Å². The summed E-state index contributed by atoms with van der Waals surface area (Å²) in [6, 6.07) is 6.97. The van der Waals surface area contributed by atoms with Crippen molar-refractivity contribution >= 4 is 10.8 Å². The van der Waals surface area contributed by atoms with Gasteiger partial charge in [-0.1, -0.05) is 12.1 Å². The van der Waals surface area contributed by atoms with E-state index in [2.05, 4.69) is 4.90 Å².